The molecule has 20 heavy (non-hydrogen) atoms. The van der Waals surface area contributed by atoms with Crippen LogP contribution in [0.15, 0.2) is 22.7 Å². The van der Waals surface area contributed by atoms with Crippen LogP contribution in [0.4, 0.5) is 5.69 Å². The van der Waals surface area contributed by atoms with Gasteiger partial charge in [0.05, 0.1) is 5.56 Å². The van der Waals surface area contributed by atoms with Crippen LogP contribution in [-0.2, 0) is 9.53 Å². The fraction of sp³-hybridized carbons (Fsp3) is 0.385. The molecule has 108 valence electrons. The molecular weight excluding hydrogens is 328 g/mol. The van der Waals surface area contributed by atoms with Gasteiger partial charge in [0.25, 0.3) is 5.91 Å². The number of rotatable bonds is 4. The molecule has 0 bridgehead atoms. The number of ether oxygens (including phenoxy) is 1. The fourth-order valence-corrected chi connectivity index (χ4v) is 2.57. The Labute approximate surface area is 124 Å². The number of nitrogens with two attached hydrogens (primary N) is 1. The number of hydrogen-bond acceptors (Lipinski definition) is 4. The molecule has 1 fully saturated rings. The molecule has 2 rings (SSSR count). The molecule has 0 atom stereocenters. The van der Waals surface area contributed by atoms with E-state index in [1.165, 1.54) is 0 Å². The lowest BCUT2D eigenvalue weighted by Gasteiger charge is -2.35. The number of halogens is 1. The zero-order chi connectivity index (χ0) is 14.8. The molecule has 1 aliphatic rings. The van der Waals surface area contributed by atoms with Crippen molar-refractivity contribution < 1.29 is 19.4 Å². The Morgan fingerprint density at radius 1 is 1.35 bits per heavy atom. The van der Waals surface area contributed by atoms with Crippen molar-refractivity contribution in [1.29, 1.82) is 0 Å². The number of hydrogen-bond donors (Lipinski definition) is 3. The second-order valence-electron chi connectivity index (χ2n) is 4.68. The van der Waals surface area contributed by atoms with Gasteiger partial charge >= 0.3 is 5.97 Å². The highest BCUT2D eigenvalue weighted by molar-refractivity contribution is 9.10. The predicted molar refractivity (Wildman–Crippen MR) is 76.7 cm³/mol. The molecule has 0 radical (unpaired) electrons. The van der Waals surface area contributed by atoms with Gasteiger partial charge in [0.1, 0.15) is 5.54 Å². The van der Waals surface area contributed by atoms with Crippen molar-refractivity contribution in [2.45, 2.75) is 18.4 Å². The molecule has 0 saturated carbocycles. The van der Waals surface area contributed by atoms with Crippen molar-refractivity contribution >= 4 is 33.5 Å². The minimum Gasteiger partial charge on any atom is -0.480 e. The number of benzene rings is 1. The van der Waals surface area contributed by atoms with E-state index in [0.717, 1.165) is 4.47 Å². The zero-order valence-electron chi connectivity index (χ0n) is 10.7. The molecule has 0 spiro atoms. The Kier molecular flexibility index (Phi) is 4.29. The Bertz CT molecular complexity index is 541. The van der Waals surface area contributed by atoms with Crippen molar-refractivity contribution in [1.82, 2.24) is 0 Å². The van der Waals surface area contributed by atoms with Gasteiger partial charge in [0.2, 0.25) is 0 Å². The maximum atomic E-state index is 11.6. The number of anilines is 1. The third-order valence-electron chi connectivity index (χ3n) is 3.38. The fourth-order valence-electron chi connectivity index (χ4n) is 2.20. The highest BCUT2D eigenvalue weighted by Crippen LogP contribution is 2.30. The minimum absolute atomic E-state index is 0.264. The maximum Gasteiger partial charge on any atom is 0.329 e. The van der Waals surface area contributed by atoms with E-state index >= 15 is 0 Å². The minimum atomic E-state index is -1.14. The molecule has 7 heteroatoms. The SMILES string of the molecule is NC(=O)c1ccc(Br)cc1NC1(C(=O)O)CCOCC1. The van der Waals surface area contributed by atoms with E-state index in [4.69, 9.17) is 10.5 Å². The predicted octanol–water partition coefficient (Wildman–Crippen LogP) is 1.59. The quantitative estimate of drug-likeness (QED) is 0.771. The van der Waals surface area contributed by atoms with Crippen LogP contribution in [0.2, 0.25) is 0 Å². The van der Waals surface area contributed by atoms with Crippen LogP contribution in [0.5, 0.6) is 0 Å². The van der Waals surface area contributed by atoms with E-state index in [0.29, 0.717) is 31.7 Å². The van der Waals surface area contributed by atoms with Crippen LogP contribution in [0.3, 0.4) is 0 Å². The first-order valence-corrected chi connectivity index (χ1v) is 6.93. The summed E-state index contributed by atoms with van der Waals surface area (Å²) in [5.74, 6) is -1.57. The van der Waals surface area contributed by atoms with Crippen LogP contribution in [0.25, 0.3) is 0 Å². The standard InChI is InChI=1S/C13H15BrN2O4/c14-8-1-2-9(11(15)17)10(7-8)16-13(12(18)19)3-5-20-6-4-13/h1-2,7,16H,3-6H2,(H2,15,17)(H,18,19). The second-order valence-corrected chi connectivity index (χ2v) is 5.59. The first kappa shape index (κ1) is 14.8. The largest absolute Gasteiger partial charge is 0.480 e. The van der Waals surface area contributed by atoms with Gasteiger partial charge in [-0.05, 0) is 18.2 Å². The normalized spacial score (nSPS) is 17.4. The van der Waals surface area contributed by atoms with Crippen molar-refractivity contribution in [2.24, 2.45) is 5.73 Å². The number of carboxylic acid groups (broad SMARTS) is 1. The molecule has 0 aliphatic carbocycles. The summed E-state index contributed by atoms with van der Waals surface area (Å²) in [6.45, 7) is 0.721. The van der Waals surface area contributed by atoms with Crippen molar-refractivity contribution in [3.8, 4) is 0 Å². The molecule has 1 heterocycles. The van der Waals surface area contributed by atoms with Crippen LogP contribution in [0.1, 0.15) is 23.2 Å². The Morgan fingerprint density at radius 2 is 2.00 bits per heavy atom. The average molecular weight is 343 g/mol. The summed E-state index contributed by atoms with van der Waals surface area (Å²) in [6.07, 6.45) is 0.653. The summed E-state index contributed by atoms with van der Waals surface area (Å²) in [6, 6.07) is 4.90. The third-order valence-corrected chi connectivity index (χ3v) is 3.87. The molecule has 1 saturated heterocycles. The third kappa shape index (κ3) is 2.94. The topological polar surface area (TPSA) is 102 Å². The van der Waals surface area contributed by atoms with E-state index in [-0.39, 0.29) is 5.56 Å². The molecule has 6 nitrogen and oxygen atoms in total. The number of carbonyl (C=O) groups is 2. The van der Waals surface area contributed by atoms with Crippen LogP contribution in [0, 0.1) is 0 Å². The molecule has 4 N–H and O–H groups in total. The smallest absolute Gasteiger partial charge is 0.329 e. The molecular formula is C13H15BrN2O4. The maximum absolute atomic E-state index is 11.6. The van der Waals surface area contributed by atoms with Crippen molar-refractivity contribution in [3.63, 3.8) is 0 Å². The number of carbonyl (C=O) groups excluding carboxylic acids is 1. The van der Waals surface area contributed by atoms with Gasteiger partial charge < -0.3 is 20.9 Å². The second kappa shape index (κ2) is 5.80. The number of carboxylic acids is 1. The Morgan fingerprint density at radius 3 is 2.55 bits per heavy atom. The van der Waals surface area contributed by atoms with E-state index in [9.17, 15) is 14.7 Å². The molecule has 1 aliphatic heterocycles. The Balaban J connectivity index is 2.38. The summed E-state index contributed by atoms with van der Waals surface area (Å²) in [4.78, 5) is 23.0. The van der Waals surface area contributed by atoms with Gasteiger partial charge in [-0.3, -0.25) is 4.79 Å². The lowest BCUT2D eigenvalue weighted by atomic mass is 9.89. The lowest BCUT2D eigenvalue weighted by Crippen LogP contribution is -2.50. The first-order chi connectivity index (χ1) is 9.44. The molecule has 0 aromatic heterocycles. The van der Waals surface area contributed by atoms with Gasteiger partial charge in [0, 0.05) is 36.2 Å². The van der Waals surface area contributed by atoms with Crippen LogP contribution >= 0.6 is 15.9 Å². The van der Waals surface area contributed by atoms with E-state index in [2.05, 4.69) is 21.2 Å². The number of aliphatic carboxylic acids is 1. The summed E-state index contributed by atoms with van der Waals surface area (Å²) >= 11 is 3.30. The number of primary amides is 1. The lowest BCUT2D eigenvalue weighted by molar-refractivity contribution is -0.145. The van der Waals surface area contributed by atoms with Crippen LogP contribution < -0.4 is 11.1 Å². The van der Waals surface area contributed by atoms with Gasteiger partial charge in [-0.25, -0.2) is 4.79 Å². The van der Waals surface area contributed by atoms with Crippen molar-refractivity contribution in [2.75, 3.05) is 18.5 Å². The van der Waals surface area contributed by atoms with Crippen molar-refractivity contribution in [3.05, 3.63) is 28.2 Å². The molecule has 1 amide bonds. The van der Waals surface area contributed by atoms with Gasteiger partial charge in [-0.15, -0.1) is 0 Å². The van der Waals surface area contributed by atoms with E-state index in [1.54, 1.807) is 18.2 Å². The summed E-state index contributed by atoms with van der Waals surface area (Å²) in [5, 5.41) is 12.5. The van der Waals surface area contributed by atoms with Gasteiger partial charge in [0.15, 0.2) is 0 Å². The van der Waals surface area contributed by atoms with E-state index in [1.807, 2.05) is 0 Å². The first-order valence-electron chi connectivity index (χ1n) is 6.13. The van der Waals surface area contributed by atoms with Crippen LogP contribution in [-0.4, -0.2) is 35.7 Å². The molecule has 1 aromatic carbocycles. The number of amides is 1. The zero-order valence-corrected chi connectivity index (χ0v) is 12.3. The average Bonchev–Trinajstić information content (AvgIpc) is 2.39. The van der Waals surface area contributed by atoms with Gasteiger partial charge in [-0.2, -0.15) is 0 Å². The highest BCUT2D eigenvalue weighted by atomic mass is 79.9. The van der Waals surface area contributed by atoms with E-state index < -0.39 is 17.4 Å². The monoisotopic (exact) mass is 342 g/mol. The summed E-state index contributed by atoms with van der Waals surface area (Å²) in [7, 11) is 0. The molecule has 1 aromatic rings. The summed E-state index contributed by atoms with van der Waals surface area (Å²) < 4.78 is 5.94. The Hall–Kier alpha value is -1.60. The summed E-state index contributed by atoms with van der Waals surface area (Å²) in [5.41, 5.74) is 4.86. The molecule has 0 unspecified atom stereocenters. The van der Waals surface area contributed by atoms with Gasteiger partial charge in [-0.1, -0.05) is 15.9 Å². The number of nitrogens with one attached hydrogen (secondary N) is 1. The highest BCUT2D eigenvalue weighted by Gasteiger charge is 2.40.